The van der Waals surface area contributed by atoms with Crippen LogP contribution in [0.2, 0.25) is 0 Å². The first kappa shape index (κ1) is 12.5. The maximum Gasteiger partial charge on any atom is 0.126 e. The molecule has 0 saturated carbocycles. The summed E-state index contributed by atoms with van der Waals surface area (Å²) < 4.78 is 26.1. The zero-order valence-electron chi connectivity index (χ0n) is 9.92. The van der Waals surface area contributed by atoms with Gasteiger partial charge in [-0.2, -0.15) is 0 Å². The number of nitrogens with zero attached hydrogens (tertiary/aromatic N) is 1. The number of likely N-dealkylation sites (tertiary alicyclic amines) is 1. The molecule has 17 heavy (non-hydrogen) atoms. The van der Waals surface area contributed by atoms with E-state index >= 15 is 0 Å². The molecule has 0 aromatic heterocycles. The molecule has 0 radical (unpaired) electrons. The molecule has 1 atom stereocenters. The quantitative estimate of drug-likeness (QED) is 0.859. The van der Waals surface area contributed by atoms with Crippen LogP contribution in [-0.4, -0.2) is 28.7 Å². The van der Waals surface area contributed by atoms with Gasteiger partial charge in [-0.3, -0.25) is 4.90 Å². The number of β-amino-alcohol motifs (C(OH)–C–C–N with tert-alkyl or cyclic N) is 1. The van der Waals surface area contributed by atoms with Gasteiger partial charge in [-0.1, -0.05) is 0 Å². The third-order valence-electron chi connectivity index (χ3n) is 3.08. The summed E-state index contributed by atoms with van der Waals surface area (Å²) in [5.41, 5.74) is -0.0791. The fourth-order valence-electron chi connectivity index (χ4n) is 2.42. The van der Waals surface area contributed by atoms with Gasteiger partial charge >= 0.3 is 0 Å². The SMILES string of the molecule is CC1(O)CCCN(Cc2cc(F)cc(F)c2)C1. The number of aliphatic hydroxyl groups is 1. The largest absolute Gasteiger partial charge is 0.389 e. The molecule has 1 unspecified atom stereocenters. The topological polar surface area (TPSA) is 23.5 Å². The number of rotatable bonds is 2. The number of hydrogen-bond donors (Lipinski definition) is 1. The van der Waals surface area contributed by atoms with E-state index in [0.717, 1.165) is 25.5 Å². The van der Waals surface area contributed by atoms with Crippen molar-refractivity contribution in [2.45, 2.75) is 31.9 Å². The van der Waals surface area contributed by atoms with Gasteiger partial charge < -0.3 is 5.11 Å². The second-order valence-electron chi connectivity index (χ2n) is 5.09. The Balaban J connectivity index is 2.05. The highest BCUT2D eigenvalue weighted by Gasteiger charge is 2.28. The molecule has 0 spiro atoms. The Morgan fingerprint density at radius 1 is 1.29 bits per heavy atom. The Morgan fingerprint density at radius 3 is 2.53 bits per heavy atom. The van der Waals surface area contributed by atoms with E-state index in [9.17, 15) is 13.9 Å². The molecule has 1 aliphatic rings. The first-order chi connectivity index (χ1) is 7.94. The van der Waals surface area contributed by atoms with Crippen LogP contribution in [0.3, 0.4) is 0 Å². The first-order valence-electron chi connectivity index (χ1n) is 5.84. The highest BCUT2D eigenvalue weighted by Crippen LogP contribution is 2.22. The van der Waals surface area contributed by atoms with Crippen LogP contribution in [-0.2, 0) is 6.54 Å². The van der Waals surface area contributed by atoms with Gasteiger partial charge in [0.1, 0.15) is 11.6 Å². The lowest BCUT2D eigenvalue weighted by Gasteiger charge is -2.36. The average Bonchev–Trinajstić information content (AvgIpc) is 2.13. The monoisotopic (exact) mass is 241 g/mol. The van der Waals surface area contributed by atoms with Crippen LogP contribution >= 0.6 is 0 Å². The van der Waals surface area contributed by atoms with Gasteiger partial charge in [0.2, 0.25) is 0 Å². The smallest absolute Gasteiger partial charge is 0.126 e. The van der Waals surface area contributed by atoms with Crippen molar-refractivity contribution in [2.24, 2.45) is 0 Å². The molecule has 0 bridgehead atoms. The maximum absolute atomic E-state index is 13.0. The molecule has 1 fully saturated rings. The van der Waals surface area contributed by atoms with Gasteiger partial charge in [-0.05, 0) is 44.0 Å². The minimum absolute atomic E-state index is 0.477. The predicted molar refractivity (Wildman–Crippen MR) is 61.5 cm³/mol. The van der Waals surface area contributed by atoms with Crippen LogP contribution in [0, 0.1) is 11.6 Å². The Labute approximate surface area is 99.9 Å². The van der Waals surface area contributed by atoms with Gasteiger partial charge in [0.25, 0.3) is 0 Å². The summed E-state index contributed by atoms with van der Waals surface area (Å²) in [4.78, 5) is 2.03. The summed E-state index contributed by atoms with van der Waals surface area (Å²) in [6.07, 6.45) is 1.69. The molecule has 1 heterocycles. The third kappa shape index (κ3) is 3.48. The molecular weight excluding hydrogens is 224 g/mol. The molecule has 1 aromatic rings. The lowest BCUT2D eigenvalue weighted by Crippen LogP contribution is -2.45. The van der Waals surface area contributed by atoms with Crippen LogP contribution < -0.4 is 0 Å². The first-order valence-corrected chi connectivity index (χ1v) is 5.84. The average molecular weight is 241 g/mol. The van der Waals surface area contributed by atoms with E-state index in [4.69, 9.17) is 0 Å². The maximum atomic E-state index is 13.0. The molecule has 94 valence electrons. The zero-order valence-corrected chi connectivity index (χ0v) is 9.92. The van der Waals surface area contributed by atoms with Crippen molar-refractivity contribution < 1.29 is 13.9 Å². The van der Waals surface area contributed by atoms with Crippen LogP contribution in [0.4, 0.5) is 8.78 Å². The van der Waals surface area contributed by atoms with Crippen molar-refractivity contribution >= 4 is 0 Å². The standard InChI is InChI=1S/C13H17F2NO/c1-13(17)3-2-4-16(9-13)8-10-5-11(14)7-12(15)6-10/h5-7,17H,2-4,8-9H2,1H3. The Kier molecular flexibility index (Phi) is 3.45. The van der Waals surface area contributed by atoms with Crippen LogP contribution in [0.25, 0.3) is 0 Å². The van der Waals surface area contributed by atoms with Crippen molar-refractivity contribution in [1.82, 2.24) is 4.90 Å². The molecule has 1 N–H and O–H groups in total. The van der Waals surface area contributed by atoms with Crippen molar-refractivity contribution in [3.8, 4) is 0 Å². The Morgan fingerprint density at radius 2 is 1.94 bits per heavy atom. The molecule has 1 aliphatic heterocycles. The van der Waals surface area contributed by atoms with E-state index in [2.05, 4.69) is 0 Å². The molecular formula is C13H17F2NO. The molecule has 2 rings (SSSR count). The normalized spacial score (nSPS) is 26.1. The minimum Gasteiger partial charge on any atom is -0.389 e. The summed E-state index contributed by atoms with van der Waals surface area (Å²) in [5.74, 6) is -1.10. The number of halogens is 2. The van der Waals surface area contributed by atoms with Crippen LogP contribution in [0.1, 0.15) is 25.3 Å². The van der Waals surface area contributed by atoms with E-state index < -0.39 is 17.2 Å². The summed E-state index contributed by atoms with van der Waals surface area (Å²) in [5, 5.41) is 9.94. The van der Waals surface area contributed by atoms with Gasteiger partial charge in [0.15, 0.2) is 0 Å². The Hall–Kier alpha value is -1.00. The molecule has 0 amide bonds. The summed E-state index contributed by atoms with van der Waals surface area (Å²) in [6, 6.07) is 3.55. The van der Waals surface area contributed by atoms with E-state index in [1.807, 2.05) is 4.90 Å². The van der Waals surface area contributed by atoms with Crippen molar-refractivity contribution in [3.63, 3.8) is 0 Å². The lowest BCUT2D eigenvalue weighted by molar-refractivity contribution is -0.0181. The van der Waals surface area contributed by atoms with Gasteiger partial charge in [-0.25, -0.2) is 8.78 Å². The second-order valence-corrected chi connectivity index (χ2v) is 5.09. The zero-order chi connectivity index (χ0) is 12.5. The highest BCUT2D eigenvalue weighted by atomic mass is 19.1. The summed E-state index contributed by atoms with van der Waals surface area (Å²) in [6.45, 7) is 3.68. The van der Waals surface area contributed by atoms with E-state index in [1.165, 1.54) is 12.1 Å². The van der Waals surface area contributed by atoms with E-state index in [0.29, 0.717) is 18.7 Å². The second kappa shape index (κ2) is 4.70. The molecule has 0 aliphatic carbocycles. The van der Waals surface area contributed by atoms with Crippen molar-refractivity contribution in [1.29, 1.82) is 0 Å². The van der Waals surface area contributed by atoms with Crippen LogP contribution in [0.5, 0.6) is 0 Å². The third-order valence-corrected chi connectivity index (χ3v) is 3.08. The van der Waals surface area contributed by atoms with Crippen LogP contribution in [0.15, 0.2) is 18.2 Å². The van der Waals surface area contributed by atoms with E-state index in [1.54, 1.807) is 6.92 Å². The highest BCUT2D eigenvalue weighted by molar-refractivity contribution is 5.18. The number of benzene rings is 1. The molecule has 1 aromatic carbocycles. The molecule has 4 heteroatoms. The fraction of sp³-hybridized carbons (Fsp3) is 0.538. The fourth-order valence-corrected chi connectivity index (χ4v) is 2.42. The van der Waals surface area contributed by atoms with Gasteiger partial charge in [0, 0.05) is 19.2 Å². The van der Waals surface area contributed by atoms with E-state index in [-0.39, 0.29) is 0 Å². The molecule has 2 nitrogen and oxygen atoms in total. The number of piperidine rings is 1. The summed E-state index contributed by atoms with van der Waals surface area (Å²) >= 11 is 0. The number of hydrogen-bond acceptors (Lipinski definition) is 2. The molecule has 1 saturated heterocycles. The predicted octanol–water partition coefficient (Wildman–Crippen LogP) is 2.31. The van der Waals surface area contributed by atoms with Crippen molar-refractivity contribution in [3.05, 3.63) is 35.4 Å². The summed E-state index contributed by atoms with van der Waals surface area (Å²) in [7, 11) is 0. The van der Waals surface area contributed by atoms with Gasteiger partial charge in [-0.15, -0.1) is 0 Å². The lowest BCUT2D eigenvalue weighted by atomic mass is 9.95. The van der Waals surface area contributed by atoms with Crippen molar-refractivity contribution in [2.75, 3.05) is 13.1 Å². The minimum atomic E-state index is -0.690. The van der Waals surface area contributed by atoms with Gasteiger partial charge in [0.05, 0.1) is 5.60 Å². The Bertz CT molecular complexity index is 386.